The molecular weight excluding hydrogens is 311 g/mol. The van der Waals surface area contributed by atoms with E-state index in [1.807, 2.05) is 12.1 Å². The standard InChI is InChI=1S/C15H16ClFN2OS/c16-13-3-1-2-12(15(13)17)9-19-14-8-11(4-5-18-14)10-21-7-6-20/h1-5,8,20H,6-7,9-10H2,(H,18,19). The fourth-order valence-electron chi connectivity index (χ4n) is 1.79. The van der Waals surface area contributed by atoms with Crippen molar-refractivity contribution in [2.45, 2.75) is 12.3 Å². The van der Waals surface area contributed by atoms with E-state index >= 15 is 0 Å². The maximum atomic E-state index is 13.8. The van der Waals surface area contributed by atoms with Gasteiger partial charge in [0.2, 0.25) is 0 Å². The van der Waals surface area contributed by atoms with Crippen LogP contribution < -0.4 is 5.32 Å². The molecule has 0 aliphatic rings. The van der Waals surface area contributed by atoms with Crippen molar-refractivity contribution in [2.75, 3.05) is 17.7 Å². The van der Waals surface area contributed by atoms with Crippen LogP contribution in [-0.4, -0.2) is 22.5 Å². The van der Waals surface area contributed by atoms with Crippen molar-refractivity contribution in [3.8, 4) is 0 Å². The third-order valence-corrected chi connectivity index (χ3v) is 4.12. The number of nitrogens with one attached hydrogen (secondary N) is 1. The van der Waals surface area contributed by atoms with Crippen LogP contribution in [0.2, 0.25) is 5.02 Å². The number of aromatic nitrogens is 1. The predicted molar refractivity (Wildman–Crippen MR) is 86.2 cm³/mol. The molecule has 6 heteroatoms. The van der Waals surface area contributed by atoms with Crippen LogP contribution in [-0.2, 0) is 12.3 Å². The van der Waals surface area contributed by atoms with Crippen molar-refractivity contribution >= 4 is 29.2 Å². The molecule has 0 radical (unpaired) electrons. The van der Waals surface area contributed by atoms with Gasteiger partial charge in [-0.3, -0.25) is 0 Å². The van der Waals surface area contributed by atoms with Crippen LogP contribution in [0.5, 0.6) is 0 Å². The lowest BCUT2D eigenvalue weighted by atomic mass is 10.2. The molecule has 0 aliphatic heterocycles. The number of pyridine rings is 1. The van der Waals surface area contributed by atoms with Crippen molar-refractivity contribution in [1.82, 2.24) is 4.98 Å². The van der Waals surface area contributed by atoms with E-state index in [0.717, 1.165) is 11.3 Å². The average molecular weight is 327 g/mol. The molecule has 0 spiro atoms. The fraction of sp³-hybridized carbons (Fsp3) is 0.267. The van der Waals surface area contributed by atoms with E-state index < -0.39 is 5.82 Å². The van der Waals surface area contributed by atoms with E-state index in [1.54, 1.807) is 30.1 Å². The fourth-order valence-corrected chi connectivity index (χ4v) is 2.67. The van der Waals surface area contributed by atoms with E-state index in [9.17, 15) is 4.39 Å². The van der Waals surface area contributed by atoms with Crippen LogP contribution in [0.15, 0.2) is 36.5 Å². The Morgan fingerprint density at radius 2 is 2.19 bits per heavy atom. The Bertz CT molecular complexity index is 598. The summed E-state index contributed by atoms with van der Waals surface area (Å²) in [5.41, 5.74) is 1.61. The summed E-state index contributed by atoms with van der Waals surface area (Å²) in [4.78, 5) is 4.21. The van der Waals surface area contributed by atoms with Gasteiger partial charge in [-0.2, -0.15) is 11.8 Å². The Kier molecular flexibility index (Phi) is 6.29. The normalized spacial score (nSPS) is 10.6. The Labute approximate surface area is 132 Å². The number of rotatable bonds is 7. The lowest BCUT2D eigenvalue weighted by Gasteiger charge is -2.09. The molecule has 21 heavy (non-hydrogen) atoms. The monoisotopic (exact) mass is 326 g/mol. The number of aliphatic hydroxyl groups excluding tert-OH is 1. The second-order valence-electron chi connectivity index (χ2n) is 4.39. The molecule has 1 aromatic heterocycles. The highest BCUT2D eigenvalue weighted by Gasteiger charge is 2.06. The highest BCUT2D eigenvalue weighted by Crippen LogP contribution is 2.19. The third-order valence-electron chi connectivity index (χ3n) is 2.82. The van der Waals surface area contributed by atoms with Crippen LogP contribution in [0.1, 0.15) is 11.1 Å². The second-order valence-corrected chi connectivity index (χ2v) is 5.90. The minimum absolute atomic E-state index is 0.122. The van der Waals surface area contributed by atoms with E-state index in [4.69, 9.17) is 16.7 Å². The molecule has 112 valence electrons. The van der Waals surface area contributed by atoms with Crippen LogP contribution in [0.25, 0.3) is 0 Å². The lowest BCUT2D eigenvalue weighted by molar-refractivity contribution is 0.322. The van der Waals surface area contributed by atoms with Gasteiger partial charge >= 0.3 is 0 Å². The first kappa shape index (κ1) is 16.1. The number of hydrogen-bond donors (Lipinski definition) is 2. The molecule has 0 unspecified atom stereocenters. The summed E-state index contributed by atoms with van der Waals surface area (Å²) in [6, 6.07) is 8.78. The van der Waals surface area contributed by atoms with Gasteiger partial charge in [-0.25, -0.2) is 9.37 Å². The number of anilines is 1. The SMILES string of the molecule is OCCSCc1ccnc(NCc2cccc(Cl)c2F)c1. The van der Waals surface area contributed by atoms with Gasteiger partial charge in [0, 0.05) is 29.8 Å². The molecule has 0 saturated heterocycles. The number of halogens is 2. The maximum Gasteiger partial charge on any atom is 0.146 e. The van der Waals surface area contributed by atoms with Gasteiger partial charge in [-0.05, 0) is 23.8 Å². The Morgan fingerprint density at radius 3 is 3.00 bits per heavy atom. The number of aliphatic hydroxyl groups is 1. The van der Waals surface area contributed by atoms with E-state index in [-0.39, 0.29) is 11.6 Å². The predicted octanol–water partition coefficient (Wildman–Crippen LogP) is 3.71. The van der Waals surface area contributed by atoms with Crippen LogP contribution in [0.3, 0.4) is 0 Å². The summed E-state index contributed by atoms with van der Waals surface area (Å²) >= 11 is 7.40. The summed E-state index contributed by atoms with van der Waals surface area (Å²) in [5, 5.41) is 12.0. The van der Waals surface area contributed by atoms with Gasteiger partial charge in [0.25, 0.3) is 0 Å². The van der Waals surface area contributed by atoms with Gasteiger partial charge in [0.1, 0.15) is 11.6 Å². The Balaban J connectivity index is 1.96. The van der Waals surface area contributed by atoms with Crippen molar-refractivity contribution < 1.29 is 9.50 Å². The molecule has 0 fully saturated rings. The molecule has 0 aliphatic carbocycles. The zero-order valence-corrected chi connectivity index (χ0v) is 12.9. The smallest absolute Gasteiger partial charge is 0.146 e. The van der Waals surface area contributed by atoms with Crippen molar-refractivity contribution in [3.05, 3.63) is 58.5 Å². The lowest BCUT2D eigenvalue weighted by Crippen LogP contribution is -2.04. The van der Waals surface area contributed by atoms with Crippen molar-refractivity contribution in [1.29, 1.82) is 0 Å². The maximum absolute atomic E-state index is 13.8. The molecule has 2 N–H and O–H groups in total. The van der Waals surface area contributed by atoms with Gasteiger partial charge < -0.3 is 10.4 Å². The average Bonchev–Trinajstić information content (AvgIpc) is 2.50. The molecule has 0 bridgehead atoms. The van der Waals surface area contributed by atoms with Crippen molar-refractivity contribution in [3.63, 3.8) is 0 Å². The molecule has 2 rings (SSSR count). The first-order valence-electron chi connectivity index (χ1n) is 6.51. The molecule has 0 amide bonds. The van der Waals surface area contributed by atoms with E-state index in [2.05, 4.69) is 10.3 Å². The van der Waals surface area contributed by atoms with Crippen LogP contribution in [0.4, 0.5) is 10.2 Å². The molecule has 0 atom stereocenters. The summed E-state index contributed by atoms with van der Waals surface area (Å²) in [6.45, 7) is 0.502. The molecule has 3 nitrogen and oxygen atoms in total. The number of hydrogen-bond acceptors (Lipinski definition) is 4. The summed E-state index contributed by atoms with van der Waals surface area (Å²) in [6.07, 6.45) is 1.71. The largest absolute Gasteiger partial charge is 0.396 e. The Hall–Kier alpha value is -1.30. The van der Waals surface area contributed by atoms with Crippen molar-refractivity contribution in [2.24, 2.45) is 0 Å². The highest BCUT2D eigenvalue weighted by atomic mass is 35.5. The minimum Gasteiger partial charge on any atom is -0.396 e. The van der Waals surface area contributed by atoms with Gasteiger partial charge in [0.15, 0.2) is 0 Å². The number of thioether (sulfide) groups is 1. The second kappa shape index (κ2) is 8.22. The topological polar surface area (TPSA) is 45.2 Å². The molecule has 1 aromatic carbocycles. The Morgan fingerprint density at radius 1 is 1.33 bits per heavy atom. The molecular formula is C15H16ClFN2OS. The van der Waals surface area contributed by atoms with Gasteiger partial charge in [-0.15, -0.1) is 0 Å². The number of nitrogens with zero attached hydrogens (tertiary/aromatic N) is 1. The van der Waals surface area contributed by atoms with Crippen LogP contribution in [0, 0.1) is 5.82 Å². The first-order valence-corrected chi connectivity index (χ1v) is 8.04. The molecule has 2 aromatic rings. The molecule has 0 saturated carbocycles. The third kappa shape index (κ3) is 4.88. The number of benzene rings is 1. The van der Waals surface area contributed by atoms with Gasteiger partial charge in [-0.1, -0.05) is 23.7 Å². The zero-order valence-electron chi connectivity index (χ0n) is 11.4. The molecule has 1 heterocycles. The summed E-state index contributed by atoms with van der Waals surface area (Å²) in [7, 11) is 0. The first-order chi connectivity index (χ1) is 10.2. The zero-order chi connectivity index (χ0) is 15.1. The van der Waals surface area contributed by atoms with Gasteiger partial charge in [0.05, 0.1) is 11.6 Å². The highest BCUT2D eigenvalue weighted by molar-refractivity contribution is 7.98. The van der Waals surface area contributed by atoms with Crippen LogP contribution >= 0.6 is 23.4 Å². The summed E-state index contributed by atoms with van der Waals surface area (Å²) in [5.74, 6) is 1.81. The van der Waals surface area contributed by atoms with E-state index in [0.29, 0.717) is 23.7 Å². The summed E-state index contributed by atoms with van der Waals surface area (Å²) < 4.78 is 13.8. The quantitative estimate of drug-likeness (QED) is 0.761. The van der Waals surface area contributed by atoms with E-state index in [1.165, 1.54) is 6.07 Å². The minimum atomic E-state index is -0.402.